The third-order valence-electron chi connectivity index (χ3n) is 3.94. The van der Waals surface area contributed by atoms with Gasteiger partial charge in [-0.3, -0.25) is 4.90 Å². The molecule has 2 aromatic rings. The number of hydrogen-bond donors (Lipinski definition) is 0. The van der Waals surface area contributed by atoms with Gasteiger partial charge < -0.3 is 4.74 Å². The van der Waals surface area contributed by atoms with Crippen LogP contribution in [0.4, 0.5) is 4.39 Å². The summed E-state index contributed by atoms with van der Waals surface area (Å²) in [6.45, 7) is 3.52. The maximum atomic E-state index is 13.1. The molecule has 0 fully saturated rings. The van der Waals surface area contributed by atoms with Gasteiger partial charge in [-0.15, -0.1) is 0 Å². The van der Waals surface area contributed by atoms with Crippen LogP contribution < -0.4 is 4.74 Å². The first-order chi connectivity index (χ1) is 11.2. The second-order valence-electron chi connectivity index (χ2n) is 5.70. The molecule has 0 aromatic heterocycles. The van der Waals surface area contributed by atoms with Crippen molar-refractivity contribution in [1.29, 1.82) is 0 Å². The van der Waals surface area contributed by atoms with Crippen LogP contribution in [0, 0.1) is 5.82 Å². The van der Waals surface area contributed by atoms with Gasteiger partial charge in [-0.05, 0) is 51.7 Å². The monoisotopic (exact) mass is 375 g/mol. The minimum atomic E-state index is -0.266. The molecule has 0 N–H and O–H groups in total. The summed E-state index contributed by atoms with van der Waals surface area (Å²) in [5.74, 6) is 0.414. The highest BCUT2D eigenvalue weighted by Gasteiger charge is 2.13. The summed E-state index contributed by atoms with van der Waals surface area (Å²) in [4.78, 5) is 2.42. The predicted octanol–water partition coefficient (Wildman–Crippen LogP) is 4.80. The molecule has 0 bridgehead atoms. The molecule has 0 spiro atoms. The van der Waals surface area contributed by atoms with Crippen molar-refractivity contribution in [3.05, 3.63) is 76.0 Å². The molecular formula is C19H19BrFNO. The average molecular weight is 376 g/mol. The molecule has 1 aliphatic heterocycles. The molecule has 0 radical (unpaired) electrons. The van der Waals surface area contributed by atoms with E-state index in [1.54, 1.807) is 6.07 Å². The van der Waals surface area contributed by atoms with Gasteiger partial charge in [0.05, 0.1) is 4.47 Å². The predicted molar refractivity (Wildman–Crippen MR) is 94.0 cm³/mol. The second kappa shape index (κ2) is 7.75. The SMILES string of the molecule is Fc1ccc(OCC2=CCN(Cc3ccccc3)CC2)c(Br)c1. The first-order valence-electron chi connectivity index (χ1n) is 7.73. The fraction of sp³-hybridized carbons (Fsp3) is 0.263. The molecule has 120 valence electrons. The van der Waals surface area contributed by atoms with Crippen molar-refractivity contribution < 1.29 is 9.13 Å². The van der Waals surface area contributed by atoms with Crippen LogP contribution >= 0.6 is 15.9 Å². The molecule has 3 rings (SSSR count). The van der Waals surface area contributed by atoms with Crippen molar-refractivity contribution in [3.8, 4) is 5.75 Å². The minimum absolute atomic E-state index is 0.266. The van der Waals surface area contributed by atoms with Gasteiger partial charge in [0.2, 0.25) is 0 Å². The van der Waals surface area contributed by atoms with Crippen molar-refractivity contribution >= 4 is 15.9 Å². The molecule has 23 heavy (non-hydrogen) atoms. The zero-order chi connectivity index (χ0) is 16.1. The Morgan fingerprint density at radius 2 is 1.96 bits per heavy atom. The van der Waals surface area contributed by atoms with Crippen molar-refractivity contribution in [1.82, 2.24) is 4.90 Å². The molecule has 0 aliphatic carbocycles. The van der Waals surface area contributed by atoms with Crippen molar-refractivity contribution in [2.24, 2.45) is 0 Å². The van der Waals surface area contributed by atoms with E-state index in [9.17, 15) is 4.39 Å². The van der Waals surface area contributed by atoms with E-state index in [0.29, 0.717) is 16.8 Å². The van der Waals surface area contributed by atoms with Crippen molar-refractivity contribution in [2.45, 2.75) is 13.0 Å². The van der Waals surface area contributed by atoms with E-state index in [-0.39, 0.29) is 5.82 Å². The summed E-state index contributed by atoms with van der Waals surface area (Å²) in [6, 6.07) is 15.0. The highest BCUT2D eigenvalue weighted by atomic mass is 79.9. The van der Waals surface area contributed by atoms with E-state index in [4.69, 9.17) is 4.74 Å². The lowest BCUT2D eigenvalue weighted by Gasteiger charge is -2.26. The number of ether oxygens (including phenoxy) is 1. The number of nitrogens with zero attached hydrogens (tertiary/aromatic N) is 1. The average Bonchev–Trinajstić information content (AvgIpc) is 2.56. The van der Waals surface area contributed by atoms with Crippen LogP contribution in [0.3, 0.4) is 0 Å². The summed E-state index contributed by atoms with van der Waals surface area (Å²) >= 11 is 3.33. The summed E-state index contributed by atoms with van der Waals surface area (Å²) in [5, 5.41) is 0. The highest BCUT2D eigenvalue weighted by Crippen LogP contribution is 2.26. The Kier molecular flexibility index (Phi) is 5.47. The molecule has 1 heterocycles. The Morgan fingerprint density at radius 3 is 2.65 bits per heavy atom. The lowest BCUT2D eigenvalue weighted by molar-refractivity contribution is 0.270. The quantitative estimate of drug-likeness (QED) is 0.696. The number of halogens is 2. The largest absolute Gasteiger partial charge is 0.488 e. The Hall–Kier alpha value is -1.65. The maximum absolute atomic E-state index is 13.1. The molecule has 0 amide bonds. The van der Waals surface area contributed by atoms with Crippen LogP contribution in [0.15, 0.2) is 64.7 Å². The molecular weight excluding hydrogens is 357 g/mol. The zero-order valence-electron chi connectivity index (χ0n) is 12.8. The summed E-state index contributed by atoms with van der Waals surface area (Å²) in [5.41, 5.74) is 2.64. The van der Waals surface area contributed by atoms with Gasteiger partial charge in [0, 0.05) is 19.6 Å². The standard InChI is InChI=1S/C19H19BrFNO/c20-18-12-17(21)6-7-19(18)23-14-16-8-10-22(11-9-16)13-15-4-2-1-3-5-15/h1-8,12H,9-11,13-14H2. The van der Waals surface area contributed by atoms with Crippen LogP contribution in [0.25, 0.3) is 0 Å². The van der Waals surface area contributed by atoms with Crippen LogP contribution in [0.1, 0.15) is 12.0 Å². The second-order valence-corrected chi connectivity index (χ2v) is 6.55. The molecule has 0 saturated heterocycles. The summed E-state index contributed by atoms with van der Waals surface area (Å²) < 4.78 is 19.5. The van der Waals surface area contributed by atoms with Crippen molar-refractivity contribution in [3.63, 3.8) is 0 Å². The van der Waals surface area contributed by atoms with Gasteiger partial charge in [-0.25, -0.2) is 4.39 Å². The Bertz CT molecular complexity index is 687. The van der Waals surface area contributed by atoms with Gasteiger partial charge in [-0.1, -0.05) is 36.4 Å². The highest BCUT2D eigenvalue weighted by molar-refractivity contribution is 9.10. The lowest BCUT2D eigenvalue weighted by Crippen LogP contribution is -2.29. The zero-order valence-corrected chi connectivity index (χ0v) is 14.4. The smallest absolute Gasteiger partial charge is 0.134 e. The minimum Gasteiger partial charge on any atom is -0.488 e. The van der Waals surface area contributed by atoms with E-state index in [1.165, 1.54) is 23.3 Å². The first-order valence-corrected chi connectivity index (χ1v) is 8.52. The van der Waals surface area contributed by atoms with Gasteiger partial charge in [-0.2, -0.15) is 0 Å². The Morgan fingerprint density at radius 1 is 1.13 bits per heavy atom. The molecule has 2 nitrogen and oxygen atoms in total. The number of rotatable bonds is 5. The number of benzene rings is 2. The van der Waals surface area contributed by atoms with Crippen LogP contribution in [-0.4, -0.2) is 24.6 Å². The van der Waals surface area contributed by atoms with Gasteiger partial charge in [0.15, 0.2) is 0 Å². The summed E-state index contributed by atoms with van der Waals surface area (Å²) in [6.07, 6.45) is 3.25. The van der Waals surface area contributed by atoms with Crippen LogP contribution in [0.2, 0.25) is 0 Å². The Labute approximate surface area is 144 Å². The Balaban J connectivity index is 1.51. The van der Waals surface area contributed by atoms with Crippen LogP contribution in [-0.2, 0) is 6.54 Å². The third kappa shape index (κ3) is 4.66. The van der Waals surface area contributed by atoms with Crippen LogP contribution in [0.5, 0.6) is 5.75 Å². The fourth-order valence-corrected chi connectivity index (χ4v) is 3.10. The van der Waals surface area contributed by atoms with E-state index in [1.807, 2.05) is 6.07 Å². The molecule has 0 unspecified atom stereocenters. The van der Waals surface area contributed by atoms with E-state index < -0.39 is 0 Å². The van der Waals surface area contributed by atoms with E-state index >= 15 is 0 Å². The first kappa shape index (κ1) is 16.2. The maximum Gasteiger partial charge on any atom is 0.134 e. The molecule has 2 aromatic carbocycles. The third-order valence-corrected chi connectivity index (χ3v) is 4.56. The molecule has 1 aliphatic rings. The van der Waals surface area contributed by atoms with E-state index in [2.05, 4.69) is 51.2 Å². The molecule has 4 heteroatoms. The lowest BCUT2D eigenvalue weighted by atomic mass is 10.1. The van der Waals surface area contributed by atoms with E-state index in [0.717, 1.165) is 26.1 Å². The molecule has 0 saturated carbocycles. The van der Waals surface area contributed by atoms with Gasteiger partial charge in [0.25, 0.3) is 0 Å². The van der Waals surface area contributed by atoms with Gasteiger partial charge in [0.1, 0.15) is 18.2 Å². The van der Waals surface area contributed by atoms with Crippen molar-refractivity contribution in [2.75, 3.05) is 19.7 Å². The fourth-order valence-electron chi connectivity index (χ4n) is 2.63. The van der Waals surface area contributed by atoms with Gasteiger partial charge >= 0.3 is 0 Å². The number of hydrogen-bond acceptors (Lipinski definition) is 2. The normalized spacial score (nSPS) is 15.3. The summed E-state index contributed by atoms with van der Waals surface area (Å²) in [7, 11) is 0. The molecule has 0 atom stereocenters. The topological polar surface area (TPSA) is 12.5 Å².